The molecule has 0 aromatic heterocycles. The second kappa shape index (κ2) is 7.94. The van der Waals surface area contributed by atoms with Crippen LogP contribution in [0.1, 0.15) is 73.6 Å². The van der Waals surface area contributed by atoms with E-state index in [4.69, 9.17) is 0 Å². The second-order valence-corrected chi connectivity index (χ2v) is 9.23. The molecule has 1 aliphatic heterocycles. The van der Waals surface area contributed by atoms with Crippen molar-refractivity contribution in [2.45, 2.75) is 65.0 Å². The van der Waals surface area contributed by atoms with E-state index in [1.54, 1.807) is 29.2 Å². The van der Waals surface area contributed by atoms with E-state index >= 15 is 0 Å². The van der Waals surface area contributed by atoms with Crippen LogP contribution in [0.5, 0.6) is 0 Å². The van der Waals surface area contributed by atoms with Gasteiger partial charge < -0.3 is 15.3 Å². The Labute approximate surface area is 166 Å². The molecule has 152 valence electrons. The molecule has 0 radical (unpaired) electrons. The molecular formula is C22H30N2O4. The highest BCUT2D eigenvalue weighted by Crippen LogP contribution is 2.40. The summed E-state index contributed by atoms with van der Waals surface area (Å²) in [5.41, 5.74) is 0.918. The van der Waals surface area contributed by atoms with E-state index in [-0.39, 0.29) is 29.2 Å². The Balaban J connectivity index is 1.74. The molecule has 3 atom stereocenters. The summed E-state index contributed by atoms with van der Waals surface area (Å²) in [6, 6.07) is 5.78. The molecule has 2 amide bonds. The van der Waals surface area contributed by atoms with Gasteiger partial charge in [-0.2, -0.15) is 0 Å². The number of hydrogen-bond donors (Lipinski definition) is 2. The topological polar surface area (TPSA) is 86.7 Å². The minimum absolute atomic E-state index is 0.0102. The zero-order valence-corrected chi connectivity index (χ0v) is 16.9. The van der Waals surface area contributed by atoms with Crippen molar-refractivity contribution in [3.63, 3.8) is 0 Å². The lowest BCUT2D eigenvalue weighted by molar-refractivity contribution is -0.141. The van der Waals surface area contributed by atoms with Gasteiger partial charge in [-0.15, -0.1) is 0 Å². The summed E-state index contributed by atoms with van der Waals surface area (Å²) in [4.78, 5) is 38.7. The molecule has 1 aromatic carbocycles. The van der Waals surface area contributed by atoms with Crippen LogP contribution in [0, 0.1) is 11.3 Å². The number of carbonyl (C=O) groups is 3. The number of nitrogens with one attached hydrogen (secondary N) is 1. The largest absolute Gasteiger partial charge is 0.480 e. The van der Waals surface area contributed by atoms with E-state index in [1.807, 2.05) is 20.8 Å². The first kappa shape index (κ1) is 20.4. The molecule has 1 aromatic rings. The van der Waals surface area contributed by atoms with Crippen molar-refractivity contribution in [3.8, 4) is 0 Å². The van der Waals surface area contributed by atoms with E-state index in [0.29, 0.717) is 24.1 Å². The summed E-state index contributed by atoms with van der Waals surface area (Å²) in [5.74, 6) is -1.07. The van der Waals surface area contributed by atoms with Gasteiger partial charge in [-0.05, 0) is 54.9 Å². The van der Waals surface area contributed by atoms with Crippen molar-refractivity contribution >= 4 is 17.8 Å². The number of nitrogens with zero attached hydrogens (tertiary/aromatic N) is 1. The lowest BCUT2D eigenvalue weighted by atomic mass is 9.84. The molecule has 1 saturated heterocycles. The van der Waals surface area contributed by atoms with E-state index in [9.17, 15) is 19.5 Å². The highest BCUT2D eigenvalue weighted by molar-refractivity contribution is 5.99. The maximum absolute atomic E-state index is 13.1. The van der Waals surface area contributed by atoms with E-state index in [2.05, 4.69) is 5.32 Å². The molecule has 3 unspecified atom stereocenters. The Hall–Kier alpha value is -2.37. The predicted octanol–water partition coefficient (Wildman–Crippen LogP) is 3.32. The van der Waals surface area contributed by atoms with Gasteiger partial charge in [-0.1, -0.05) is 33.6 Å². The Bertz CT molecular complexity index is 751. The standard InChI is InChI=1S/C22H30N2O4/c1-22(2,3)13-23-19(25)14-8-10-15(11-9-14)20(26)24-17-7-5-4-6-16(17)12-18(24)21(27)28/h8-11,16-18H,4-7,12-13H2,1-3H3,(H,23,25)(H,27,28). The fraction of sp³-hybridized carbons (Fsp3) is 0.591. The summed E-state index contributed by atoms with van der Waals surface area (Å²) in [6.07, 6.45) is 4.54. The molecule has 2 aliphatic rings. The Kier molecular flexibility index (Phi) is 5.77. The van der Waals surface area contributed by atoms with Crippen molar-refractivity contribution in [2.24, 2.45) is 11.3 Å². The number of amides is 2. The highest BCUT2D eigenvalue weighted by Gasteiger charge is 2.47. The summed E-state index contributed by atoms with van der Waals surface area (Å²) >= 11 is 0. The molecule has 28 heavy (non-hydrogen) atoms. The van der Waals surface area contributed by atoms with Crippen molar-refractivity contribution < 1.29 is 19.5 Å². The smallest absolute Gasteiger partial charge is 0.326 e. The third-order valence-electron chi connectivity index (χ3n) is 5.78. The van der Waals surface area contributed by atoms with E-state index < -0.39 is 12.0 Å². The van der Waals surface area contributed by atoms with Crippen LogP contribution in [0.15, 0.2) is 24.3 Å². The molecule has 1 heterocycles. The Morgan fingerprint density at radius 2 is 1.68 bits per heavy atom. The zero-order valence-electron chi connectivity index (χ0n) is 16.9. The van der Waals surface area contributed by atoms with E-state index in [1.165, 1.54) is 0 Å². The zero-order chi connectivity index (χ0) is 20.5. The van der Waals surface area contributed by atoms with Crippen LogP contribution < -0.4 is 5.32 Å². The number of aliphatic carboxylic acids is 1. The highest BCUT2D eigenvalue weighted by atomic mass is 16.4. The number of rotatable bonds is 4. The van der Waals surface area contributed by atoms with Crippen molar-refractivity contribution in [1.82, 2.24) is 10.2 Å². The number of hydrogen-bond acceptors (Lipinski definition) is 3. The third-order valence-corrected chi connectivity index (χ3v) is 5.78. The van der Waals surface area contributed by atoms with Crippen LogP contribution in [0.25, 0.3) is 0 Å². The molecule has 1 saturated carbocycles. The lowest BCUT2D eigenvalue weighted by Gasteiger charge is -2.33. The normalized spacial score (nSPS) is 24.5. The van der Waals surface area contributed by atoms with Gasteiger partial charge in [-0.25, -0.2) is 4.79 Å². The molecule has 0 bridgehead atoms. The van der Waals surface area contributed by atoms with Crippen LogP contribution in [0.3, 0.4) is 0 Å². The fourth-order valence-electron chi connectivity index (χ4n) is 4.33. The monoisotopic (exact) mass is 386 g/mol. The van der Waals surface area contributed by atoms with Crippen molar-refractivity contribution in [3.05, 3.63) is 35.4 Å². The first-order valence-electron chi connectivity index (χ1n) is 10.1. The molecular weight excluding hydrogens is 356 g/mol. The summed E-state index contributed by atoms with van der Waals surface area (Å²) in [5, 5.41) is 12.5. The van der Waals surface area contributed by atoms with Gasteiger partial charge in [-0.3, -0.25) is 9.59 Å². The van der Waals surface area contributed by atoms with E-state index in [0.717, 1.165) is 25.7 Å². The first-order valence-corrected chi connectivity index (χ1v) is 10.1. The van der Waals surface area contributed by atoms with Gasteiger partial charge in [0.1, 0.15) is 6.04 Å². The maximum atomic E-state index is 13.1. The van der Waals surface area contributed by atoms with Crippen LogP contribution >= 0.6 is 0 Å². The Morgan fingerprint density at radius 3 is 2.29 bits per heavy atom. The Morgan fingerprint density at radius 1 is 1.07 bits per heavy atom. The first-order chi connectivity index (χ1) is 13.2. The van der Waals surface area contributed by atoms with Gasteiger partial charge in [0.2, 0.25) is 0 Å². The molecule has 6 nitrogen and oxygen atoms in total. The molecule has 2 N–H and O–H groups in total. The fourth-order valence-corrected chi connectivity index (χ4v) is 4.33. The molecule has 0 spiro atoms. The predicted molar refractivity (Wildman–Crippen MR) is 106 cm³/mol. The van der Waals surface area contributed by atoms with Crippen LogP contribution in [0.2, 0.25) is 0 Å². The average Bonchev–Trinajstić information content (AvgIpc) is 3.05. The van der Waals surface area contributed by atoms with Gasteiger partial charge in [0.25, 0.3) is 11.8 Å². The summed E-state index contributed by atoms with van der Waals surface area (Å²) in [6.45, 7) is 6.69. The minimum Gasteiger partial charge on any atom is -0.480 e. The molecule has 6 heteroatoms. The van der Waals surface area contributed by atoms with Gasteiger partial charge in [0.05, 0.1) is 0 Å². The molecule has 3 rings (SSSR count). The summed E-state index contributed by atoms with van der Waals surface area (Å²) in [7, 11) is 0. The number of carbonyl (C=O) groups excluding carboxylic acids is 2. The number of carboxylic acid groups (broad SMARTS) is 1. The van der Waals surface area contributed by atoms with Crippen LogP contribution in [-0.2, 0) is 4.79 Å². The SMILES string of the molecule is CC(C)(C)CNC(=O)c1ccc(C(=O)N2C(C(=O)O)CC3CCCCC32)cc1. The molecule has 1 aliphatic carbocycles. The van der Waals surface area contributed by atoms with Gasteiger partial charge in [0.15, 0.2) is 0 Å². The van der Waals surface area contributed by atoms with Crippen LogP contribution in [0.4, 0.5) is 0 Å². The van der Waals surface area contributed by atoms with Gasteiger partial charge >= 0.3 is 5.97 Å². The maximum Gasteiger partial charge on any atom is 0.326 e. The summed E-state index contributed by atoms with van der Waals surface area (Å²) < 4.78 is 0. The average molecular weight is 386 g/mol. The number of fused-ring (bicyclic) bond motifs is 1. The van der Waals surface area contributed by atoms with Crippen LogP contribution in [-0.4, -0.2) is 46.4 Å². The second-order valence-electron chi connectivity index (χ2n) is 9.23. The quantitative estimate of drug-likeness (QED) is 0.831. The van der Waals surface area contributed by atoms with Crippen molar-refractivity contribution in [2.75, 3.05) is 6.54 Å². The number of benzene rings is 1. The third kappa shape index (κ3) is 4.37. The van der Waals surface area contributed by atoms with Crippen molar-refractivity contribution in [1.29, 1.82) is 0 Å². The number of likely N-dealkylation sites (tertiary alicyclic amines) is 1. The van der Waals surface area contributed by atoms with Gasteiger partial charge in [0, 0.05) is 23.7 Å². The minimum atomic E-state index is -0.930. The molecule has 2 fully saturated rings. The lowest BCUT2D eigenvalue weighted by Crippen LogP contribution is -2.46. The number of carboxylic acids is 1.